The third-order valence-electron chi connectivity index (χ3n) is 4.63. The Bertz CT molecular complexity index is 779. The molecule has 0 aliphatic carbocycles. The molecule has 4 heteroatoms. The predicted molar refractivity (Wildman–Crippen MR) is 98.6 cm³/mol. The first-order valence-corrected chi connectivity index (χ1v) is 8.42. The van der Waals surface area contributed by atoms with Crippen LogP contribution in [0.15, 0.2) is 54.9 Å². The predicted octanol–water partition coefficient (Wildman–Crippen LogP) is 4.05. The molecule has 0 N–H and O–H groups in total. The Morgan fingerprint density at radius 3 is 2.62 bits per heavy atom. The number of hydrogen-bond acceptors (Lipinski definition) is 3. The highest BCUT2D eigenvalue weighted by atomic mass is 16.5. The number of ether oxygens (including phenoxy) is 1. The van der Waals surface area contributed by atoms with Crippen molar-refractivity contribution in [2.24, 2.45) is 0 Å². The van der Waals surface area contributed by atoms with Crippen LogP contribution >= 0.6 is 0 Å². The lowest BCUT2D eigenvalue weighted by molar-refractivity contribution is 0.168. The van der Waals surface area contributed by atoms with Gasteiger partial charge in [-0.25, -0.2) is 4.98 Å². The van der Waals surface area contributed by atoms with E-state index in [1.54, 1.807) is 7.11 Å². The van der Waals surface area contributed by atoms with E-state index in [0.717, 1.165) is 36.3 Å². The van der Waals surface area contributed by atoms with E-state index in [9.17, 15) is 0 Å². The summed E-state index contributed by atoms with van der Waals surface area (Å²) in [4.78, 5) is 6.83. The van der Waals surface area contributed by atoms with Gasteiger partial charge < -0.3 is 4.74 Å². The molecule has 24 heavy (non-hydrogen) atoms. The average Bonchev–Trinajstić information content (AvgIpc) is 3.05. The lowest BCUT2D eigenvalue weighted by Gasteiger charge is -2.25. The molecule has 3 rings (SSSR count). The Morgan fingerprint density at radius 1 is 1.12 bits per heavy atom. The first-order chi connectivity index (χ1) is 11.7. The smallest absolute Gasteiger partial charge is 0.100 e. The third-order valence-corrected chi connectivity index (χ3v) is 4.63. The Hall–Kier alpha value is -2.17. The number of para-hydroxylation sites is 2. The second-order valence-electron chi connectivity index (χ2n) is 6.20. The molecule has 0 unspecified atom stereocenters. The molecular weight excluding hydrogens is 298 g/mol. The maximum Gasteiger partial charge on any atom is 0.100 e. The largest absolute Gasteiger partial charge is 0.385 e. The van der Waals surface area contributed by atoms with Gasteiger partial charge in [-0.3, -0.25) is 9.47 Å². The maximum atomic E-state index is 5.13. The van der Waals surface area contributed by atoms with Crippen molar-refractivity contribution in [1.29, 1.82) is 0 Å². The zero-order valence-corrected chi connectivity index (χ0v) is 14.6. The van der Waals surface area contributed by atoms with Gasteiger partial charge in [-0.1, -0.05) is 24.3 Å². The molecule has 0 amide bonds. The lowest BCUT2D eigenvalue weighted by atomic mass is 10.1. The number of methoxy groups -OCH3 is 1. The number of benzene rings is 2. The monoisotopic (exact) mass is 323 g/mol. The number of hydrogen-bond donors (Lipinski definition) is 0. The molecule has 0 aliphatic rings. The normalized spacial score (nSPS) is 12.8. The van der Waals surface area contributed by atoms with Gasteiger partial charge in [0.05, 0.1) is 11.0 Å². The van der Waals surface area contributed by atoms with E-state index < -0.39 is 0 Å². The van der Waals surface area contributed by atoms with Crippen molar-refractivity contribution in [1.82, 2.24) is 14.5 Å². The van der Waals surface area contributed by atoms with Gasteiger partial charge in [0, 0.05) is 32.0 Å². The SMILES string of the molecule is COCCCN(C)[C@@H](C)c1ccc(-n2cnc3ccccc32)cc1. The van der Waals surface area contributed by atoms with E-state index in [1.165, 1.54) is 5.56 Å². The van der Waals surface area contributed by atoms with Gasteiger partial charge in [-0.2, -0.15) is 0 Å². The van der Waals surface area contributed by atoms with Crippen molar-refractivity contribution < 1.29 is 4.74 Å². The summed E-state index contributed by atoms with van der Waals surface area (Å²) in [5.41, 5.74) is 4.62. The summed E-state index contributed by atoms with van der Waals surface area (Å²) >= 11 is 0. The standard InChI is InChI=1S/C20H25N3O/c1-16(22(2)13-6-14-24-3)17-9-11-18(12-10-17)23-15-21-19-7-4-5-8-20(19)23/h4-5,7-12,15-16H,6,13-14H2,1-3H3/t16-/m0/s1. The van der Waals surface area contributed by atoms with Gasteiger partial charge >= 0.3 is 0 Å². The molecule has 0 aliphatic heterocycles. The second-order valence-corrected chi connectivity index (χ2v) is 6.20. The van der Waals surface area contributed by atoms with Gasteiger partial charge in [-0.15, -0.1) is 0 Å². The molecule has 1 heterocycles. The van der Waals surface area contributed by atoms with Crippen LogP contribution in [0.2, 0.25) is 0 Å². The van der Waals surface area contributed by atoms with E-state index in [-0.39, 0.29) is 0 Å². The number of aromatic nitrogens is 2. The Balaban J connectivity index is 1.75. The molecule has 0 fully saturated rings. The molecule has 1 aromatic heterocycles. The summed E-state index contributed by atoms with van der Waals surface area (Å²) in [5.74, 6) is 0. The zero-order valence-electron chi connectivity index (χ0n) is 14.6. The Kier molecular flexibility index (Phi) is 5.28. The summed E-state index contributed by atoms with van der Waals surface area (Å²) < 4.78 is 7.27. The van der Waals surface area contributed by atoms with Crippen LogP contribution in [-0.2, 0) is 4.74 Å². The van der Waals surface area contributed by atoms with E-state index in [4.69, 9.17) is 4.74 Å². The number of fused-ring (bicyclic) bond motifs is 1. The minimum atomic E-state index is 0.385. The van der Waals surface area contributed by atoms with E-state index in [2.05, 4.69) is 58.8 Å². The minimum absolute atomic E-state index is 0.385. The van der Waals surface area contributed by atoms with Crippen molar-refractivity contribution in [3.8, 4) is 5.69 Å². The minimum Gasteiger partial charge on any atom is -0.385 e. The zero-order chi connectivity index (χ0) is 16.9. The molecule has 0 saturated carbocycles. The van der Waals surface area contributed by atoms with Crippen molar-refractivity contribution in [2.45, 2.75) is 19.4 Å². The summed E-state index contributed by atoms with van der Waals surface area (Å²) in [5, 5.41) is 0. The van der Waals surface area contributed by atoms with Crippen molar-refractivity contribution in [3.05, 3.63) is 60.4 Å². The Morgan fingerprint density at radius 2 is 1.88 bits per heavy atom. The van der Waals surface area contributed by atoms with Gasteiger partial charge in [0.2, 0.25) is 0 Å². The van der Waals surface area contributed by atoms with Crippen LogP contribution in [0.3, 0.4) is 0 Å². The molecule has 4 nitrogen and oxygen atoms in total. The van der Waals surface area contributed by atoms with Gasteiger partial charge in [-0.05, 0) is 50.2 Å². The fourth-order valence-corrected chi connectivity index (χ4v) is 2.98. The van der Waals surface area contributed by atoms with E-state index in [0.29, 0.717) is 6.04 Å². The fraction of sp³-hybridized carbons (Fsp3) is 0.350. The highest BCUT2D eigenvalue weighted by Crippen LogP contribution is 2.22. The van der Waals surface area contributed by atoms with Gasteiger partial charge in [0.15, 0.2) is 0 Å². The highest BCUT2D eigenvalue weighted by Gasteiger charge is 2.12. The highest BCUT2D eigenvalue weighted by molar-refractivity contribution is 5.77. The molecule has 3 aromatic rings. The molecular formula is C20H25N3O. The Labute approximate surface area is 143 Å². The first kappa shape index (κ1) is 16.7. The van der Waals surface area contributed by atoms with Crippen LogP contribution in [-0.4, -0.2) is 41.8 Å². The van der Waals surface area contributed by atoms with Crippen LogP contribution in [0.4, 0.5) is 0 Å². The lowest BCUT2D eigenvalue weighted by Crippen LogP contribution is -2.24. The summed E-state index contributed by atoms with van der Waals surface area (Å²) in [6.45, 7) is 4.08. The summed E-state index contributed by atoms with van der Waals surface area (Å²) in [7, 11) is 3.92. The average molecular weight is 323 g/mol. The molecule has 0 bridgehead atoms. The van der Waals surface area contributed by atoms with Gasteiger partial charge in [0.1, 0.15) is 6.33 Å². The molecule has 126 valence electrons. The number of imidazole rings is 1. The molecule has 2 aromatic carbocycles. The van der Waals surface area contributed by atoms with Crippen LogP contribution in [0.1, 0.15) is 24.9 Å². The maximum absolute atomic E-state index is 5.13. The molecule has 0 saturated heterocycles. The second kappa shape index (κ2) is 7.60. The van der Waals surface area contributed by atoms with Crippen LogP contribution < -0.4 is 0 Å². The number of nitrogens with zero attached hydrogens (tertiary/aromatic N) is 3. The third kappa shape index (κ3) is 3.50. The summed E-state index contributed by atoms with van der Waals surface area (Å²) in [6, 6.07) is 17.3. The molecule has 1 atom stereocenters. The number of rotatable bonds is 7. The quantitative estimate of drug-likeness (QED) is 0.614. The van der Waals surface area contributed by atoms with Crippen LogP contribution in [0.5, 0.6) is 0 Å². The van der Waals surface area contributed by atoms with Crippen molar-refractivity contribution in [3.63, 3.8) is 0 Å². The van der Waals surface area contributed by atoms with Gasteiger partial charge in [0.25, 0.3) is 0 Å². The summed E-state index contributed by atoms with van der Waals surface area (Å²) in [6.07, 6.45) is 2.94. The fourth-order valence-electron chi connectivity index (χ4n) is 2.98. The van der Waals surface area contributed by atoms with E-state index in [1.807, 2.05) is 24.5 Å². The first-order valence-electron chi connectivity index (χ1n) is 8.42. The van der Waals surface area contributed by atoms with Crippen LogP contribution in [0.25, 0.3) is 16.7 Å². The molecule has 0 radical (unpaired) electrons. The molecule has 0 spiro atoms. The van der Waals surface area contributed by atoms with E-state index >= 15 is 0 Å². The van der Waals surface area contributed by atoms with Crippen molar-refractivity contribution in [2.75, 3.05) is 27.3 Å². The topological polar surface area (TPSA) is 30.3 Å². The van der Waals surface area contributed by atoms with Crippen LogP contribution in [0, 0.1) is 0 Å². The van der Waals surface area contributed by atoms with Crippen molar-refractivity contribution >= 4 is 11.0 Å².